The van der Waals surface area contributed by atoms with E-state index in [1.54, 1.807) is 0 Å². The Hall–Kier alpha value is 0.0600. The van der Waals surface area contributed by atoms with Crippen LogP contribution in [0.2, 0.25) is 0 Å². The lowest BCUT2D eigenvalue weighted by Crippen LogP contribution is -2.53. The number of piperazine rings is 1. The molecule has 5 heteroatoms. The van der Waals surface area contributed by atoms with Gasteiger partial charge in [-0.3, -0.25) is 4.90 Å². The molecule has 2 N–H and O–H groups in total. The lowest BCUT2D eigenvalue weighted by Gasteiger charge is -2.43. The van der Waals surface area contributed by atoms with Crippen LogP contribution in [0.1, 0.15) is 31.2 Å². The van der Waals surface area contributed by atoms with E-state index in [9.17, 15) is 0 Å². The van der Waals surface area contributed by atoms with E-state index in [4.69, 9.17) is 5.73 Å². The van der Waals surface area contributed by atoms with Crippen molar-refractivity contribution in [2.24, 2.45) is 5.73 Å². The minimum atomic E-state index is 0.209. The Balaban J connectivity index is 2.18. The maximum absolute atomic E-state index is 6.41. The fourth-order valence-corrected chi connectivity index (χ4v) is 4.35. The van der Waals surface area contributed by atoms with Crippen molar-refractivity contribution in [3.05, 3.63) is 20.8 Å². The van der Waals surface area contributed by atoms with E-state index in [1.807, 2.05) is 11.3 Å². The number of hydrogen-bond acceptors (Lipinski definition) is 4. The summed E-state index contributed by atoms with van der Waals surface area (Å²) < 4.78 is 1.17. The van der Waals surface area contributed by atoms with Crippen molar-refractivity contribution in [3.63, 3.8) is 0 Å². The van der Waals surface area contributed by atoms with Crippen molar-refractivity contribution >= 4 is 27.3 Å². The first kappa shape index (κ1) is 15.4. The summed E-state index contributed by atoms with van der Waals surface area (Å²) in [6.45, 7) is 7.81. The third-order valence-electron chi connectivity index (χ3n) is 4.14. The SMILES string of the molecule is CCC(N)C(c1cc(Br)cs1)N1CCN(C)C(C)C1. The van der Waals surface area contributed by atoms with Gasteiger partial charge in [0, 0.05) is 46.4 Å². The molecule has 3 atom stereocenters. The van der Waals surface area contributed by atoms with E-state index in [1.165, 1.54) is 9.35 Å². The van der Waals surface area contributed by atoms with Gasteiger partial charge in [-0.15, -0.1) is 11.3 Å². The van der Waals surface area contributed by atoms with Crippen molar-refractivity contribution < 1.29 is 0 Å². The molecule has 0 amide bonds. The summed E-state index contributed by atoms with van der Waals surface area (Å²) in [5.41, 5.74) is 6.41. The van der Waals surface area contributed by atoms with Crippen LogP contribution in [-0.4, -0.2) is 48.6 Å². The van der Waals surface area contributed by atoms with Crippen molar-refractivity contribution in [1.82, 2.24) is 9.80 Å². The maximum Gasteiger partial charge on any atom is 0.0594 e. The second-order valence-electron chi connectivity index (χ2n) is 5.51. The fourth-order valence-electron chi connectivity index (χ4n) is 2.70. The molecule has 108 valence electrons. The van der Waals surface area contributed by atoms with E-state index in [2.05, 4.69) is 58.1 Å². The second kappa shape index (κ2) is 6.68. The average Bonchev–Trinajstić information content (AvgIpc) is 2.80. The molecule has 3 nitrogen and oxygen atoms in total. The molecule has 1 aliphatic rings. The van der Waals surface area contributed by atoms with E-state index in [0.29, 0.717) is 12.1 Å². The average molecular weight is 346 g/mol. The molecule has 0 aliphatic carbocycles. The number of nitrogens with zero attached hydrogens (tertiary/aromatic N) is 2. The van der Waals surface area contributed by atoms with Crippen molar-refractivity contribution in [2.45, 2.75) is 38.4 Å². The third kappa shape index (κ3) is 3.58. The predicted molar refractivity (Wildman–Crippen MR) is 86.7 cm³/mol. The van der Waals surface area contributed by atoms with Crippen LogP contribution in [0.4, 0.5) is 0 Å². The number of likely N-dealkylation sites (N-methyl/N-ethyl adjacent to an activating group) is 1. The van der Waals surface area contributed by atoms with E-state index < -0.39 is 0 Å². The van der Waals surface area contributed by atoms with Gasteiger partial charge in [0.1, 0.15) is 0 Å². The summed E-state index contributed by atoms with van der Waals surface area (Å²) in [6.07, 6.45) is 1.01. The summed E-state index contributed by atoms with van der Waals surface area (Å²) >= 11 is 5.37. The zero-order valence-electron chi connectivity index (χ0n) is 12.0. The lowest BCUT2D eigenvalue weighted by molar-refractivity contribution is 0.0624. The molecule has 2 rings (SSSR count). The number of halogens is 1. The Bertz CT molecular complexity index is 409. The van der Waals surface area contributed by atoms with Gasteiger partial charge in [0.15, 0.2) is 0 Å². The Morgan fingerprint density at radius 2 is 2.26 bits per heavy atom. The maximum atomic E-state index is 6.41. The Kier molecular flexibility index (Phi) is 5.43. The van der Waals surface area contributed by atoms with Crippen molar-refractivity contribution in [2.75, 3.05) is 26.7 Å². The van der Waals surface area contributed by atoms with Crippen LogP contribution in [0.25, 0.3) is 0 Å². The Labute approximate surface area is 128 Å². The van der Waals surface area contributed by atoms with Crippen LogP contribution >= 0.6 is 27.3 Å². The summed E-state index contributed by atoms with van der Waals surface area (Å²) in [6, 6.07) is 3.40. The molecule has 0 bridgehead atoms. The summed E-state index contributed by atoms with van der Waals surface area (Å²) in [5, 5.41) is 2.16. The van der Waals surface area contributed by atoms with Gasteiger partial charge in [-0.1, -0.05) is 6.92 Å². The molecule has 3 unspecified atom stereocenters. The third-order valence-corrected chi connectivity index (χ3v) is 5.90. The smallest absolute Gasteiger partial charge is 0.0594 e. The number of hydrogen-bond donors (Lipinski definition) is 1. The molecule has 1 aromatic heterocycles. The molecule has 1 aromatic rings. The molecule has 0 aromatic carbocycles. The standard InChI is InChI=1S/C14H24BrN3S/c1-4-12(16)14(13-7-11(15)9-19-13)18-6-5-17(3)10(2)8-18/h7,9-10,12,14H,4-6,8,16H2,1-3H3. The quantitative estimate of drug-likeness (QED) is 0.910. The fraction of sp³-hybridized carbons (Fsp3) is 0.714. The number of nitrogens with two attached hydrogens (primary N) is 1. The molecule has 0 spiro atoms. The lowest BCUT2D eigenvalue weighted by atomic mass is 10.0. The van der Waals surface area contributed by atoms with Crippen LogP contribution in [0.3, 0.4) is 0 Å². The molecule has 1 aliphatic heterocycles. The van der Waals surface area contributed by atoms with Crippen LogP contribution in [0.15, 0.2) is 15.9 Å². The molecule has 0 saturated carbocycles. The normalized spacial score (nSPS) is 25.4. The molecular formula is C14H24BrN3S. The highest BCUT2D eigenvalue weighted by Gasteiger charge is 2.31. The van der Waals surface area contributed by atoms with Gasteiger partial charge in [-0.05, 0) is 42.4 Å². The first-order chi connectivity index (χ1) is 9.02. The highest BCUT2D eigenvalue weighted by molar-refractivity contribution is 9.10. The van der Waals surface area contributed by atoms with Crippen LogP contribution in [0, 0.1) is 0 Å². The van der Waals surface area contributed by atoms with Gasteiger partial charge >= 0.3 is 0 Å². The largest absolute Gasteiger partial charge is 0.326 e. The molecular weight excluding hydrogens is 322 g/mol. The van der Waals surface area contributed by atoms with Gasteiger partial charge < -0.3 is 10.6 Å². The van der Waals surface area contributed by atoms with Crippen molar-refractivity contribution in [3.8, 4) is 0 Å². The van der Waals surface area contributed by atoms with Gasteiger partial charge in [0.25, 0.3) is 0 Å². The summed E-state index contributed by atoms with van der Waals surface area (Å²) in [5.74, 6) is 0. The number of rotatable bonds is 4. The minimum Gasteiger partial charge on any atom is -0.326 e. The monoisotopic (exact) mass is 345 g/mol. The Morgan fingerprint density at radius 1 is 1.53 bits per heavy atom. The Morgan fingerprint density at radius 3 is 2.79 bits per heavy atom. The predicted octanol–water partition coefficient (Wildman–Crippen LogP) is 2.92. The van der Waals surface area contributed by atoms with Gasteiger partial charge in [0.2, 0.25) is 0 Å². The minimum absolute atomic E-state index is 0.209. The zero-order chi connectivity index (χ0) is 14.0. The topological polar surface area (TPSA) is 32.5 Å². The molecule has 1 saturated heterocycles. The van der Waals surface area contributed by atoms with Crippen LogP contribution in [0.5, 0.6) is 0 Å². The van der Waals surface area contributed by atoms with Crippen molar-refractivity contribution in [1.29, 1.82) is 0 Å². The van der Waals surface area contributed by atoms with Gasteiger partial charge in [-0.2, -0.15) is 0 Å². The molecule has 1 fully saturated rings. The molecule has 2 heterocycles. The second-order valence-corrected chi connectivity index (χ2v) is 7.37. The highest BCUT2D eigenvalue weighted by Crippen LogP contribution is 2.33. The van der Waals surface area contributed by atoms with Gasteiger partial charge in [-0.25, -0.2) is 0 Å². The summed E-state index contributed by atoms with van der Waals surface area (Å²) in [4.78, 5) is 6.38. The number of thiophene rings is 1. The molecule has 19 heavy (non-hydrogen) atoms. The van der Waals surface area contributed by atoms with Crippen LogP contribution < -0.4 is 5.73 Å². The van der Waals surface area contributed by atoms with E-state index in [0.717, 1.165) is 26.1 Å². The highest BCUT2D eigenvalue weighted by atomic mass is 79.9. The first-order valence-electron chi connectivity index (χ1n) is 6.96. The van der Waals surface area contributed by atoms with Gasteiger partial charge in [0.05, 0.1) is 6.04 Å². The zero-order valence-corrected chi connectivity index (χ0v) is 14.4. The summed E-state index contributed by atoms with van der Waals surface area (Å²) in [7, 11) is 2.21. The molecule has 0 radical (unpaired) electrons. The van der Waals surface area contributed by atoms with E-state index >= 15 is 0 Å². The van der Waals surface area contributed by atoms with Crippen LogP contribution in [-0.2, 0) is 0 Å². The first-order valence-corrected chi connectivity index (χ1v) is 8.64. The van der Waals surface area contributed by atoms with E-state index in [-0.39, 0.29) is 6.04 Å².